The van der Waals surface area contributed by atoms with Gasteiger partial charge in [0.2, 0.25) is 0 Å². The van der Waals surface area contributed by atoms with Gasteiger partial charge in [-0.05, 0) is 43.7 Å². The van der Waals surface area contributed by atoms with Gasteiger partial charge in [0.1, 0.15) is 5.75 Å². The Morgan fingerprint density at radius 2 is 1.78 bits per heavy atom. The number of nitrogens with one attached hydrogen (secondary N) is 1. The molecule has 0 aliphatic rings. The molecule has 102 valence electrons. The van der Waals surface area contributed by atoms with Gasteiger partial charge in [-0.2, -0.15) is 0 Å². The fourth-order valence-electron chi connectivity index (χ4n) is 1.78. The molecule has 1 rings (SSSR count). The molecular weight excluding hydrogens is 290 g/mol. The third-order valence-corrected chi connectivity index (χ3v) is 4.14. The first kappa shape index (κ1) is 15.5. The smallest absolute Gasteiger partial charge is 0.119 e. The van der Waals surface area contributed by atoms with Crippen LogP contribution in [0.1, 0.15) is 31.9 Å². The fraction of sp³-hybridized carbons (Fsp3) is 0.600. The van der Waals surface area contributed by atoms with E-state index in [2.05, 4.69) is 68.0 Å². The highest BCUT2D eigenvalue weighted by atomic mass is 79.9. The molecular formula is C15H24BrNO. The quantitative estimate of drug-likeness (QED) is 0.854. The molecule has 0 unspecified atom stereocenters. The van der Waals surface area contributed by atoms with E-state index >= 15 is 0 Å². The Labute approximate surface area is 119 Å². The van der Waals surface area contributed by atoms with Crippen molar-refractivity contribution < 1.29 is 4.74 Å². The van der Waals surface area contributed by atoms with E-state index in [1.54, 1.807) is 0 Å². The lowest BCUT2D eigenvalue weighted by Crippen LogP contribution is -2.34. The molecule has 0 aromatic heterocycles. The Balaban J connectivity index is 2.63. The fourth-order valence-corrected chi connectivity index (χ4v) is 2.01. The monoisotopic (exact) mass is 313 g/mol. The normalized spacial score (nSPS) is 11.7. The van der Waals surface area contributed by atoms with Crippen LogP contribution in [0.2, 0.25) is 0 Å². The Hall–Kier alpha value is -0.540. The van der Waals surface area contributed by atoms with Crippen LogP contribution in [0.3, 0.4) is 0 Å². The van der Waals surface area contributed by atoms with Crippen LogP contribution in [0.25, 0.3) is 0 Å². The van der Waals surface area contributed by atoms with E-state index in [0.717, 1.165) is 25.4 Å². The zero-order chi connectivity index (χ0) is 13.8. The third kappa shape index (κ3) is 4.62. The molecule has 0 spiro atoms. The van der Waals surface area contributed by atoms with Gasteiger partial charge in [0, 0.05) is 16.4 Å². The van der Waals surface area contributed by atoms with Crippen molar-refractivity contribution in [2.24, 2.45) is 5.41 Å². The van der Waals surface area contributed by atoms with Crippen LogP contribution in [0.15, 0.2) is 16.6 Å². The molecule has 2 nitrogen and oxygen atoms in total. The molecule has 0 saturated heterocycles. The van der Waals surface area contributed by atoms with Gasteiger partial charge in [0.15, 0.2) is 0 Å². The van der Waals surface area contributed by atoms with Crippen molar-refractivity contribution in [2.75, 3.05) is 19.7 Å². The topological polar surface area (TPSA) is 21.3 Å². The second kappa shape index (κ2) is 6.58. The molecule has 1 aromatic carbocycles. The van der Waals surface area contributed by atoms with Gasteiger partial charge in [-0.25, -0.2) is 0 Å². The van der Waals surface area contributed by atoms with Crippen molar-refractivity contribution in [2.45, 2.75) is 34.6 Å². The van der Waals surface area contributed by atoms with Gasteiger partial charge in [0.05, 0.1) is 6.61 Å². The van der Waals surface area contributed by atoms with Crippen molar-refractivity contribution in [1.29, 1.82) is 0 Å². The van der Waals surface area contributed by atoms with Crippen molar-refractivity contribution in [3.63, 3.8) is 0 Å². The van der Waals surface area contributed by atoms with Crippen LogP contribution in [0.4, 0.5) is 0 Å². The average molecular weight is 314 g/mol. The minimum Gasteiger partial charge on any atom is -0.493 e. The standard InChI is InChI=1S/C15H24BrNO/c1-6-17-9-15(4,5)10-18-13-7-11(2)14(16)12(3)8-13/h7-8,17H,6,9-10H2,1-5H3. The summed E-state index contributed by atoms with van der Waals surface area (Å²) in [5.74, 6) is 0.956. The molecule has 1 aromatic rings. The van der Waals surface area contributed by atoms with Crippen molar-refractivity contribution in [1.82, 2.24) is 5.32 Å². The van der Waals surface area contributed by atoms with Gasteiger partial charge in [0.25, 0.3) is 0 Å². The molecule has 18 heavy (non-hydrogen) atoms. The Bertz CT molecular complexity index is 378. The average Bonchev–Trinajstić information content (AvgIpc) is 2.31. The Morgan fingerprint density at radius 1 is 1.22 bits per heavy atom. The zero-order valence-corrected chi connectivity index (χ0v) is 13.6. The highest BCUT2D eigenvalue weighted by Gasteiger charge is 2.18. The van der Waals surface area contributed by atoms with Crippen LogP contribution in [-0.2, 0) is 0 Å². The predicted molar refractivity (Wildman–Crippen MR) is 81.4 cm³/mol. The zero-order valence-electron chi connectivity index (χ0n) is 12.1. The summed E-state index contributed by atoms with van der Waals surface area (Å²) in [4.78, 5) is 0. The molecule has 3 heteroatoms. The summed E-state index contributed by atoms with van der Waals surface area (Å²) in [5.41, 5.74) is 2.58. The lowest BCUT2D eigenvalue weighted by molar-refractivity contribution is 0.177. The maximum absolute atomic E-state index is 5.92. The summed E-state index contributed by atoms with van der Waals surface area (Å²) in [6.07, 6.45) is 0. The van der Waals surface area contributed by atoms with E-state index in [0.29, 0.717) is 0 Å². The van der Waals surface area contributed by atoms with Crippen molar-refractivity contribution in [3.05, 3.63) is 27.7 Å². The maximum atomic E-state index is 5.92. The van der Waals surface area contributed by atoms with Crippen molar-refractivity contribution in [3.8, 4) is 5.75 Å². The van der Waals surface area contributed by atoms with Crippen LogP contribution in [-0.4, -0.2) is 19.7 Å². The highest BCUT2D eigenvalue weighted by Crippen LogP contribution is 2.27. The minimum absolute atomic E-state index is 0.144. The van der Waals surface area contributed by atoms with E-state index in [1.165, 1.54) is 15.6 Å². The highest BCUT2D eigenvalue weighted by molar-refractivity contribution is 9.10. The molecule has 0 aliphatic carbocycles. The number of hydrogen-bond donors (Lipinski definition) is 1. The summed E-state index contributed by atoms with van der Waals surface area (Å²) < 4.78 is 7.09. The van der Waals surface area contributed by atoms with Gasteiger partial charge < -0.3 is 10.1 Å². The van der Waals surface area contributed by atoms with E-state index in [4.69, 9.17) is 4.74 Å². The molecule has 0 aliphatic heterocycles. The first-order valence-corrected chi connectivity index (χ1v) is 7.25. The summed E-state index contributed by atoms with van der Waals surface area (Å²) in [7, 11) is 0. The summed E-state index contributed by atoms with van der Waals surface area (Å²) in [6.45, 7) is 13.4. The number of aryl methyl sites for hydroxylation is 2. The first-order valence-electron chi connectivity index (χ1n) is 6.46. The van der Waals surface area contributed by atoms with Gasteiger partial charge in [-0.1, -0.05) is 36.7 Å². The lowest BCUT2D eigenvalue weighted by atomic mass is 9.95. The van der Waals surface area contributed by atoms with Crippen LogP contribution in [0.5, 0.6) is 5.75 Å². The molecule has 0 radical (unpaired) electrons. The Kier molecular flexibility index (Phi) is 5.67. The largest absolute Gasteiger partial charge is 0.493 e. The second-order valence-electron chi connectivity index (χ2n) is 5.60. The maximum Gasteiger partial charge on any atom is 0.119 e. The van der Waals surface area contributed by atoms with Gasteiger partial charge in [-0.3, -0.25) is 0 Å². The molecule has 0 atom stereocenters. The van der Waals surface area contributed by atoms with Gasteiger partial charge >= 0.3 is 0 Å². The number of halogens is 1. The number of rotatable bonds is 6. The van der Waals surface area contributed by atoms with E-state index < -0.39 is 0 Å². The molecule has 0 amide bonds. The van der Waals surface area contributed by atoms with Crippen molar-refractivity contribution >= 4 is 15.9 Å². The second-order valence-corrected chi connectivity index (χ2v) is 6.40. The van der Waals surface area contributed by atoms with E-state index in [1.807, 2.05) is 0 Å². The summed E-state index contributed by atoms with van der Waals surface area (Å²) in [5, 5.41) is 3.37. The van der Waals surface area contributed by atoms with E-state index in [-0.39, 0.29) is 5.41 Å². The predicted octanol–water partition coefficient (Wildman–Crippen LogP) is 4.08. The Morgan fingerprint density at radius 3 is 2.28 bits per heavy atom. The van der Waals surface area contributed by atoms with Crippen LogP contribution < -0.4 is 10.1 Å². The van der Waals surface area contributed by atoms with Crippen LogP contribution >= 0.6 is 15.9 Å². The number of benzene rings is 1. The lowest BCUT2D eigenvalue weighted by Gasteiger charge is -2.25. The van der Waals surface area contributed by atoms with Gasteiger partial charge in [-0.15, -0.1) is 0 Å². The SMILES string of the molecule is CCNCC(C)(C)COc1cc(C)c(Br)c(C)c1. The first-order chi connectivity index (χ1) is 8.35. The molecule has 0 fully saturated rings. The van der Waals surface area contributed by atoms with Crippen LogP contribution in [0, 0.1) is 19.3 Å². The summed E-state index contributed by atoms with van der Waals surface area (Å²) >= 11 is 3.57. The number of ether oxygens (including phenoxy) is 1. The molecule has 0 saturated carbocycles. The minimum atomic E-state index is 0.144. The number of hydrogen-bond acceptors (Lipinski definition) is 2. The molecule has 1 N–H and O–H groups in total. The summed E-state index contributed by atoms with van der Waals surface area (Å²) in [6, 6.07) is 4.17. The third-order valence-electron chi connectivity index (χ3n) is 2.89. The molecule has 0 heterocycles. The van der Waals surface area contributed by atoms with E-state index in [9.17, 15) is 0 Å². The molecule has 0 bridgehead atoms.